The van der Waals surface area contributed by atoms with Gasteiger partial charge in [-0.3, -0.25) is 4.99 Å². The van der Waals surface area contributed by atoms with Crippen molar-refractivity contribution in [2.75, 3.05) is 44.7 Å². The smallest absolute Gasteiger partial charge is 0.228 e. The molecule has 140 valence electrons. The molecule has 0 amide bonds. The second kappa shape index (κ2) is 8.21. The molecule has 26 heavy (non-hydrogen) atoms. The van der Waals surface area contributed by atoms with Crippen LogP contribution in [0.4, 0.5) is 5.69 Å². The first kappa shape index (κ1) is 18.2. The van der Waals surface area contributed by atoms with Gasteiger partial charge in [0, 0.05) is 51.9 Å². The highest BCUT2D eigenvalue weighted by atomic mass is 16.5. The van der Waals surface area contributed by atoms with Crippen molar-refractivity contribution in [3.8, 4) is 0 Å². The van der Waals surface area contributed by atoms with E-state index >= 15 is 0 Å². The summed E-state index contributed by atoms with van der Waals surface area (Å²) in [5.41, 5.74) is 4.07. The lowest BCUT2D eigenvalue weighted by Crippen LogP contribution is -2.53. The van der Waals surface area contributed by atoms with Crippen LogP contribution in [0.3, 0.4) is 0 Å². The highest BCUT2D eigenvalue weighted by Crippen LogP contribution is 2.23. The van der Waals surface area contributed by atoms with E-state index in [1.807, 2.05) is 14.0 Å². The first-order valence-corrected chi connectivity index (χ1v) is 9.14. The molecule has 1 aromatic carbocycles. The monoisotopic (exact) mass is 356 g/mol. The van der Waals surface area contributed by atoms with Gasteiger partial charge in [-0.05, 0) is 38.0 Å². The van der Waals surface area contributed by atoms with Crippen LogP contribution in [-0.4, -0.2) is 60.8 Å². The lowest BCUT2D eigenvalue weighted by molar-refractivity contribution is 0.363. The summed E-state index contributed by atoms with van der Waals surface area (Å²) in [6.45, 7) is 10.8. The molecule has 1 aliphatic rings. The molecule has 1 fully saturated rings. The molecule has 3 rings (SSSR count). The van der Waals surface area contributed by atoms with Gasteiger partial charge in [0.1, 0.15) is 0 Å². The molecule has 0 saturated carbocycles. The molecule has 2 heterocycles. The molecule has 0 bridgehead atoms. The Morgan fingerprint density at radius 1 is 1.19 bits per heavy atom. The summed E-state index contributed by atoms with van der Waals surface area (Å²) < 4.78 is 5.15. The minimum absolute atomic E-state index is 0.658. The minimum atomic E-state index is 0.658. The third kappa shape index (κ3) is 4.15. The van der Waals surface area contributed by atoms with Gasteiger partial charge in [-0.1, -0.05) is 17.3 Å². The number of benzene rings is 1. The van der Waals surface area contributed by atoms with Gasteiger partial charge in [0.15, 0.2) is 11.8 Å². The Hall–Kier alpha value is -2.57. The molecule has 0 spiro atoms. The van der Waals surface area contributed by atoms with Crippen LogP contribution < -0.4 is 10.2 Å². The quantitative estimate of drug-likeness (QED) is 0.667. The number of nitrogens with one attached hydrogen (secondary N) is 1. The molecule has 7 heteroatoms. The highest BCUT2D eigenvalue weighted by molar-refractivity contribution is 5.80. The van der Waals surface area contributed by atoms with Crippen LogP contribution in [0.15, 0.2) is 27.7 Å². The zero-order chi connectivity index (χ0) is 18.5. The number of nitrogens with zero attached hydrogens (tertiary/aromatic N) is 5. The maximum absolute atomic E-state index is 5.15. The second-order valence-electron chi connectivity index (χ2n) is 6.65. The highest BCUT2D eigenvalue weighted by Gasteiger charge is 2.21. The van der Waals surface area contributed by atoms with Crippen molar-refractivity contribution < 1.29 is 4.52 Å². The van der Waals surface area contributed by atoms with Crippen LogP contribution in [0.5, 0.6) is 0 Å². The fraction of sp³-hybridized carbons (Fsp3) is 0.526. The summed E-state index contributed by atoms with van der Waals surface area (Å²) in [6.07, 6.45) is 0.697. The van der Waals surface area contributed by atoms with Gasteiger partial charge in [0.25, 0.3) is 0 Å². The molecule has 0 unspecified atom stereocenters. The summed E-state index contributed by atoms with van der Waals surface area (Å²) in [5.74, 6) is 2.26. The maximum Gasteiger partial charge on any atom is 0.228 e. The first-order valence-electron chi connectivity index (χ1n) is 9.14. The van der Waals surface area contributed by atoms with E-state index in [-0.39, 0.29) is 0 Å². The molecule has 1 N–H and O–H groups in total. The molecule has 1 saturated heterocycles. The molecule has 2 aromatic rings. The van der Waals surface area contributed by atoms with E-state index < -0.39 is 0 Å². The molecule has 1 aliphatic heterocycles. The Morgan fingerprint density at radius 2 is 1.96 bits per heavy atom. The summed E-state index contributed by atoms with van der Waals surface area (Å²) in [4.78, 5) is 13.4. The number of guanidine groups is 1. The number of aromatic nitrogens is 2. The van der Waals surface area contributed by atoms with Gasteiger partial charge >= 0.3 is 0 Å². The van der Waals surface area contributed by atoms with Crippen molar-refractivity contribution in [3.63, 3.8) is 0 Å². The number of piperazine rings is 1. The SMILES string of the molecule is CN=C(NCCc1nc(C)no1)N1CCN(c2cccc(C)c2C)CC1. The second-order valence-corrected chi connectivity index (χ2v) is 6.65. The Labute approximate surface area is 155 Å². The molecule has 7 nitrogen and oxygen atoms in total. The third-order valence-corrected chi connectivity index (χ3v) is 4.90. The average molecular weight is 356 g/mol. The van der Waals surface area contributed by atoms with Crippen molar-refractivity contribution in [1.29, 1.82) is 0 Å². The van der Waals surface area contributed by atoms with E-state index in [9.17, 15) is 0 Å². The summed E-state index contributed by atoms with van der Waals surface area (Å²) in [6, 6.07) is 6.53. The fourth-order valence-corrected chi connectivity index (χ4v) is 3.29. The van der Waals surface area contributed by atoms with Crippen LogP contribution in [0.25, 0.3) is 0 Å². The van der Waals surface area contributed by atoms with E-state index in [0.29, 0.717) is 18.1 Å². The Kier molecular flexibility index (Phi) is 5.75. The normalized spacial score (nSPS) is 15.5. The van der Waals surface area contributed by atoms with Gasteiger partial charge in [0.2, 0.25) is 5.89 Å². The van der Waals surface area contributed by atoms with Crippen LogP contribution in [0.2, 0.25) is 0 Å². The van der Waals surface area contributed by atoms with Crippen LogP contribution in [-0.2, 0) is 6.42 Å². The zero-order valence-corrected chi connectivity index (χ0v) is 16.1. The van der Waals surface area contributed by atoms with Gasteiger partial charge in [-0.15, -0.1) is 0 Å². The van der Waals surface area contributed by atoms with E-state index in [0.717, 1.165) is 38.7 Å². The largest absolute Gasteiger partial charge is 0.368 e. The molecule has 0 radical (unpaired) electrons. The molecule has 0 aliphatic carbocycles. The van der Waals surface area contributed by atoms with Gasteiger partial charge in [-0.2, -0.15) is 4.98 Å². The number of hydrogen-bond acceptors (Lipinski definition) is 5. The average Bonchev–Trinajstić information content (AvgIpc) is 3.07. The number of aryl methyl sites for hydroxylation is 2. The van der Waals surface area contributed by atoms with Crippen molar-refractivity contribution >= 4 is 11.6 Å². The third-order valence-electron chi connectivity index (χ3n) is 4.90. The standard InChI is InChI=1S/C19H28N6O/c1-14-6-5-7-17(15(14)2)24-10-12-25(13-11-24)19(20-4)21-9-8-18-22-16(3)23-26-18/h5-7H,8-13H2,1-4H3,(H,20,21). The summed E-state index contributed by atoms with van der Waals surface area (Å²) in [7, 11) is 1.83. The molecular formula is C19H28N6O. The van der Waals surface area contributed by atoms with Gasteiger partial charge in [-0.25, -0.2) is 0 Å². The van der Waals surface area contributed by atoms with Gasteiger partial charge in [0.05, 0.1) is 0 Å². The molecule has 0 atom stereocenters. The predicted molar refractivity (Wildman–Crippen MR) is 104 cm³/mol. The van der Waals surface area contributed by atoms with E-state index in [1.54, 1.807) is 0 Å². The molecule has 1 aromatic heterocycles. The topological polar surface area (TPSA) is 69.8 Å². The van der Waals surface area contributed by atoms with Crippen LogP contribution >= 0.6 is 0 Å². The Morgan fingerprint density at radius 3 is 2.62 bits per heavy atom. The summed E-state index contributed by atoms with van der Waals surface area (Å²) in [5, 5.41) is 7.22. The number of hydrogen-bond donors (Lipinski definition) is 1. The molecular weight excluding hydrogens is 328 g/mol. The Bertz CT molecular complexity index is 761. The Balaban J connectivity index is 1.51. The van der Waals surface area contributed by atoms with Crippen molar-refractivity contribution in [2.45, 2.75) is 27.2 Å². The van der Waals surface area contributed by atoms with Crippen LogP contribution in [0, 0.1) is 20.8 Å². The van der Waals surface area contributed by atoms with E-state index in [4.69, 9.17) is 4.52 Å². The number of anilines is 1. The lowest BCUT2D eigenvalue weighted by Gasteiger charge is -2.38. The van der Waals surface area contributed by atoms with E-state index in [1.165, 1.54) is 16.8 Å². The number of aliphatic imine (C=N–C) groups is 1. The fourth-order valence-electron chi connectivity index (χ4n) is 3.29. The number of rotatable bonds is 4. The van der Waals surface area contributed by atoms with Crippen LogP contribution in [0.1, 0.15) is 22.8 Å². The van der Waals surface area contributed by atoms with E-state index in [2.05, 4.69) is 62.3 Å². The van der Waals surface area contributed by atoms with Crippen molar-refractivity contribution in [3.05, 3.63) is 41.0 Å². The first-order chi connectivity index (χ1) is 12.6. The minimum Gasteiger partial charge on any atom is -0.368 e. The van der Waals surface area contributed by atoms with Crippen molar-refractivity contribution in [1.82, 2.24) is 20.4 Å². The zero-order valence-electron chi connectivity index (χ0n) is 16.1. The maximum atomic E-state index is 5.15. The predicted octanol–water partition coefficient (Wildman–Crippen LogP) is 1.93. The lowest BCUT2D eigenvalue weighted by atomic mass is 10.1. The van der Waals surface area contributed by atoms with Gasteiger partial charge < -0.3 is 19.6 Å². The summed E-state index contributed by atoms with van der Waals surface area (Å²) >= 11 is 0. The van der Waals surface area contributed by atoms with Crippen molar-refractivity contribution in [2.24, 2.45) is 4.99 Å².